The minimum atomic E-state index is 0.410. The van der Waals surface area contributed by atoms with Crippen LogP contribution < -0.4 is 0 Å². The first-order valence-corrected chi connectivity index (χ1v) is 11.0. The maximum absolute atomic E-state index is 3.65. The van der Waals surface area contributed by atoms with Crippen LogP contribution in [0, 0.1) is 13.0 Å². The van der Waals surface area contributed by atoms with Crippen molar-refractivity contribution in [2.45, 2.75) is 51.4 Å². The van der Waals surface area contributed by atoms with Crippen molar-refractivity contribution >= 4 is 3.21 Å². The number of fused-ring (bicyclic) bond motifs is 3. The van der Waals surface area contributed by atoms with Crippen LogP contribution in [0.2, 0.25) is 0 Å². The van der Waals surface area contributed by atoms with E-state index in [9.17, 15) is 0 Å². The van der Waals surface area contributed by atoms with Gasteiger partial charge in [0.25, 0.3) is 0 Å². The van der Waals surface area contributed by atoms with Gasteiger partial charge in [-0.1, -0.05) is 66.6 Å². The molecule has 0 nitrogen and oxygen atoms in total. The zero-order valence-electron chi connectivity index (χ0n) is 15.5. The van der Waals surface area contributed by atoms with Crippen LogP contribution in [-0.4, -0.2) is 3.21 Å². The summed E-state index contributed by atoms with van der Waals surface area (Å²) in [7, 11) is 0. The van der Waals surface area contributed by atoms with Crippen molar-refractivity contribution in [1.29, 1.82) is 0 Å². The normalized spacial score (nSPS) is 17.6. The van der Waals surface area contributed by atoms with E-state index in [1.807, 2.05) is 0 Å². The molecule has 0 amide bonds. The molecular weight excluding hydrogens is 391 g/mol. The fourth-order valence-corrected chi connectivity index (χ4v) is 5.10. The van der Waals surface area contributed by atoms with Crippen molar-refractivity contribution in [3.8, 4) is 11.1 Å². The molecule has 0 aliphatic heterocycles. The van der Waals surface area contributed by atoms with Crippen LogP contribution in [0.1, 0.15) is 60.3 Å². The Kier molecular flexibility index (Phi) is 5.65. The fourth-order valence-electron chi connectivity index (χ4n) is 4.23. The molecule has 1 heteroatoms. The molecule has 0 unspecified atom stereocenters. The van der Waals surface area contributed by atoms with Gasteiger partial charge in [-0.25, -0.2) is 0 Å². The quantitative estimate of drug-likeness (QED) is 0.412. The minimum absolute atomic E-state index is 0.410. The summed E-state index contributed by atoms with van der Waals surface area (Å²) < 4.78 is 1.80. The van der Waals surface area contributed by atoms with Gasteiger partial charge in [-0.3, -0.25) is 0 Å². The predicted octanol–water partition coefficient (Wildman–Crippen LogP) is 6.25. The Hall–Kier alpha value is -1.33. The Morgan fingerprint density at radius 1 is 1.00 bits per heavy atom. The molecule has 1 saturated carbocycles. The SMILES string of the molecule is Cc1cc(C2C=CC=C2)[c-]c2c1-c1ccccc1C2.[Zr]=[C]1CCCCC1. The third kappa shape index (κ3) is 3.84. The fraction of sp³-hybridized carbons (Fsp3) is 0.320. The molecule has 5 rings (SSSR count). The van der Waals surface area contributed by atoms with E-state index in [4.69, 9.17) is 0 Å². The average molecular weight is 417 g/mol. The van der Waals surface area contributed by atoms with E-state index in [1.54, 1.807) is 27.4 Å². The molecule has 0 heterocycles. The van der Waals surface area contributed by atoms with Crippen LogP contribution >= 0.6 is 0 Å². The van der Waals surface area contributed by atoms with Crippen molar-refractivity contribution in [2.75, 3.05) is 0 Å². The molecule has 130 valence electrons. The molecule has 2 aromatic carbocycles. The molecule has 0 aromatic heterocycles. The summed E-state index contributed by atoms with van der Waals surface area (Å²) in [5.41, 5.74) is 8.29. The molecule has 0 spiro atoms. The number of allylic oxidation sites excluding steroid dienone is 4. The molecule has 0 saturated heterocycles. The van der Waals surface area contributed by atoms with Gasteiger partial charge in [0.15, 0.2) is 0 Å². The van der Waals surface area contributed by atoms with Gasteiger partial charge in [0, 0.05) is 0 Å². The molecule has 3 aliphatic rings. The first kappa shape index (κ1) is 18.1. The Labute approximate surface area is 172 Å². The van der Waals surface area contributed by atoms with Gasteiger partial charge in [0.1, 0.15) is 0 Å². The van der Waals surface area contributed by atoms with Crippen LogP contribution in [0.15, 0.2) is 54.6 Å². The Morgan fingerprint density at radius 2 is 1.73 bits per heavy atom. The number of hydrogen-bond donors (Lipinski definition) is 0. The maximum atomic E-state index is 3.65. The zero-order chi connectivity index (χ0) is 17.9. The van der Waals surface area contributed by atoms with E-state index in [0.717, 1.165) is 6.42 Å². The summed E-state index contributed by atoms with van der Waals surface area (Å²) in [6.45, 7) is 2.22. The van der Waals surface area contributed by atoms with Crippen LogP contribution in [0.25, 0.3) is 11.1 Å². The van der Waals surface area contributed by atoms with E-state index in [2.05, 4.69) is 67.6 Å². The molecular formula is C25H25Zr-. The van der Waals surface area contributed by atoms with E-state index >= 15 is 0 Å². The molecule has 26 heavy (non-hydrogen) atoms. The second-order valence-electron chi connectivity index (χ2n) is 7.55. The Balaban J connectivity index is 0.000000204. The predicted molar refractivity (Wildman–Crippen MR) is 107 cm³/mol. The first-order valence-electron chi connectivity index (χ1n) is 9.77. The van der Waals surface area contributed by atoms with Crippen molar-refractivity contribution in [3.63, 3.8) is 0 Å². The van der Waals surface area contributed by atoms with Crippen molar-refractivity contribution < 1.29 is 24.2 Å². The van der Waals surface area contributed by atoms with E-state index in [1.165, 1.54) is 65.5 Å². The van der Waals surface area contributed by atoms with Gasteiger partial charge in [0.2, 0.25) is 0 Å². The van der Waals surface area contributed by atoms with Crippen LogP contribution in [0.5, 0.6) is 0 Å². The van der Waals surface area contributed by atoms with Crippen molar-refractivity contribution in [2.24, 2.45) is 0 Å². The molecule has 2 aromatic rings. The Morgan fingerprint density at radius 3 is 2.42 bits per heavy atom. The third-order valence-electron chi connectivity index (χ3n) is 5.58. The van der Waals surface area contributed by atoms with Gasteiger partial charge in [0.05, 0.1) is 0 Å². The van der Waals surface area contributed by atoms with Gasteiger partial charge >= 0.3 is 59.5 Å². The summed E-state index contributed by atoms with van der Waals surface area (Å²) in [6, 6.07) is 14.7. The molecule has 0 radical (unpaired) electrons. The van der Waals surface area contributed by atoms with Crippen molar-refractivity contribution in [1.82, 2.24) is 0 Å². The molecule has 0 N–H and O–H groups in total. The van der Waals surface area contributed by atoms with Gasteiger partial charge in [-0.05, 0) is 12.3 Å². The number of benzene rings is 2. The van der Waals surface area contributed by atoms with Gasteiger partial charge in [-0.15, -0.1) is 11.1 Å². The number of rotatable bonds is 1. The number of aryl methyl sites for hydroxylation is 1. The Bertz CT molecular complexity index is 865. The molecule has 0 atom stereocenters. The van der Waals surface area contributed by atoms with Crippen molar-refractivity contribution in [3.05, 3.63) is 83.0 Å². The summed E-state index contributed by atoms with van der Waals surface area (Å²) in [6.07, 6.45) is 17.1. The summed E-state index contributed by atoms with van der Waals surface area (Å²) in [5.74, 6) is 0.410. The number of hydrogen-bond acceptors (Lipinski definition) is 0. The van der Waals surface area contributed by atoms with Crippen LogP contribution in [0.4, 0.5) is 0 Å². The standard InChI is InChI=1S/C19H15.C6H10.Zr/c1-13-10-16(14-6-2-3-7-14)12-17-11-15-8-4-5-9-18(15)19(13)17;1-2-4-6-5-3-1;/h2-10,14H,11H2,1H3;1-5H2;/q-1;;. The van der Waals surface area contributed by atoms with Crippen LogP contribution in [-0.2, 0) is 30.7 Å². The van der Waals surface area contributed by atoms with E-state index in [-0.39, 0.29) is 0 Å². The summed E-state index contributed by atoms with van der Waals surface area (Å²) in [4.78, 5) is 0. The summed E-state index contributed by atoms with van der Waals surface area (Å²) in [5, 5.41) is 0. The summed E-state index contributed by atoms with van der Waals surface area (Å²) >= 11 is 1.69. The topological polar surface area (TPSA) is 0 Å². The third-order valence-corrected chi connectivity index (χ3v) is 6.81. The van der Waals surface area contributed by atoms with Crippen LogP contribution in [0.3, 0.4) is 0 Å². The molecule has 3 aliphatic carbocycles. The van der Waals surface area contributed by atoms with E-state index in [0.29, 0.717) is 5.92 Å². The zero-order valence-corrected chi connectivity index (χ0v) is 18.0. The molecule has 0 bridgehead atoms. The second-order valence-corrected chi connectivity index (χ2v) is 9.29. The first-order chi connectivity index (χ1) is 12.7. The van der Waals surface area contributed by atoms with Gasteiger partial charge in [-0.2, -0.15) is 23.3 Å². The molecule has 1 fully saturated rings. The van der Waals surface area contributed by atoms with E-state index < -0.39 is 0 Å². The monoisotopic (exact) mass is 415 g/mol. The van der Waals surface area contributed by atoms with Gasteiger partial charge < -0.3 is 0 Å². The second kappa shape index (κ2) is 8.14. The average Bonchev–Trinajstić information content (AvgIpc) is 3.30.